The van der Waals surface area contributed by atoms with Crippen LogP contribution in [0.4, 0.5) is 4.79 Å². The molecule has 128 valence electrons. The van der Waals surface area contributed by atoms with Crippen molar-refractivity contribution in [3.8, 4) is 11.5 Å². The Kier molecular flexibility index (Phi) is 6.89. The van der Waals surface area contributed by atoms with E-state index in [2.05, 4.69) is 12.2 Å². The Hall–Kier alpha value is -1.56. The molecule has 2 rings (SSSR count). The molecule has 1 aromatic carbocycles. The summed E-state index contributed by atoms with van der Waals surface area (Å²) in [6, 6.07) is 6.20. The minimum absolute atomic E-state index is 0.0421. The highest BCUT2D eigenvalue weighted by molar-refractivity contribution is 7.99. The second kappa shape index (κ2) is 8.91. The second-order valence-electron chi connectivity index (χ2n) is 5.61. The predicted octanol–water partition coefficient (Wildman–Crippen LogP) is 2.78. The lowest BCUT2D eigenvalue weighted by molar-refractivity contribution is 0.183. The summed E-state index contributed by atoms with van der Waals surface area (Å²) in [4.78, 5) is 14.3. The van der Waals surface area contributed by atoms with Crippen LogP contribution in [0.5, 0.6) is 11.5 Å². The summed E-state index contributed by atoms with van der Waals surface area (Å²) < 4.78 is 10.5. The molecule has 0 aromatic heterocycles. The highest BCUT2D eigenvalue weighted by atomic mass is 32.2. The molecule has 1 atom stereocenters. The minimum atomic E-state index is 0.0421. The summed E-state index contributed by atoms with van der Waals surface area (Å²) in [6.45, 7) is 3.57. The normalized spacial score (nSPS) is 18.2. The van der Waals surface area contributed by atoms with Gasteiger partial charge in [0, 0.05) is 24.9 Å². The maximum atomic E-state index is 12.3. The topological polar surface area (TPSA) is 50.8 Å². The number of urea groups is 1. The zero-order valence-corrected chi connectivity index (χ0v) is 14.9. The summed E-state index contributed by atoms with van der Waals surface area (Å²) in [5, 5.41) is 3.03. The molecular formula is C17H26N2O3S. The highest BCUT2D eigenvalue weighted by Crippen LogP contribution is 2.27. The van der Waals surface area contributed by atoms with E-state index in [0.29, 0.717) is 12.6 Å². The standard InChI is InChI=1S/C17H26N2O3S/c1-13-7-10-23-11-9-19(13)17(20)18-8-6-14-4-5-15(21-2)16(12-14)22-3/h4-5,12-13H,6-11H2,1-3H3,(H,18,20)/t13-/m0/s1. The van der Waals surface area contributed by atoms with Crippen LogP contribution in [0.3, 0.4) is 0 Å². The van der Waals surface area contributed by atoms with Gasteiger partial charge in [-0.1, -0.05) is 6.07 Å². The fourth-order valence-corrected chi connectivity index (χ4v) is 3.69. The van der Waals surface area contributed by atoms with E-state index in [1.807, 2.05) is 34.9 Å². The Morgan fingerprint density at radius 1 is 1.30 bits per heavy atom. The van der Waals surface area contributed by atoms with Crippen LogP contribution in [0, 0.1) is 0 Å². The van der Waals surface area contributed by atoms with E-state index in [0.717, 1.165) is 48.0 Å². The Morgan fingerprint density at radius 3 is 2.83 bits per heavy atom. The van der Waals surface area contributed by atoms with Gasteiger partial charge in [-0.2, -0.15) is 11.8 Å². The van der Waals surface area contributed by atoms with E-state index in [-0.39, 0.29) is 6.03 Å². The number of benzene rings is 1. The van der Waals surface area contributed by atoms with Crippen LogP contribution >= 0.6 is 11.8 Å². The number of amides is 2. The van der Waals surface area contributed by atoms with Gasteiger partial charge >= 0.3 is 6.03 Å². The third-order valence-corrected chi connectivity index (χ3v) is 5.08. The molecule has 0 spiro atoms. The van der Waals surface area contributed by atoms with Crippen LogP contribution in [0.1, 0.15) is 18.9 Å². The number of methoxy groups -OCH3 is 2. The summed E-state index contributed by atoms with van der Waals surface area (Å²) in [5.41, 5.74) is 1.11. The third-order valence-electron chi connectivity index (χ3n) is 4.09. The molecule has 5 nitrogen and oxygen atoms in total. The molecule has 2 amide bonds. The fraction of sp³-hybridized carbons (Fsp3) is 0.588. The zero-order valence-electron chi connectivity index (χ0n) is 14.1. The van der Waals surface area contributed by atoms with Crippen molar-refractivity contribution in [1.82, 2.24) is 10.2 Å². The number of carbonyl (C=O) groups excluding carboxylic acids is 1. The first-order valence-corrected chi connectivity index (χ1v) is 9.14. The minimum Gasteiger partial charge on any atom is -0.493 e. The van der Waals surface area contributed by atoms with E-state index >= 15 is 0 Å². The number of hydrogen-bond acceptors (Lipinski definition) is 4. The summed E-state index contributed by atoms with van der Waals surface area (Å²) in [5.74, 6) is 3.59. The molecule has 23 heavy (non-hydrogen) atoms. The van der Waals surface area contributed by atoms with Crippen molar-refractivity contribution in [3.05, 3.63) is 23.8 Å². The number of carbonyl (C=O) groups is 1. The van der Waals surface area contributed by atoms with Crippen LogP contribution in [-0.2, 0) is 6.42 Å². The van der Waals surface area contributed by atoms with E-state index < -0.39 is 0 Å². The number of hydrogen-bond donors (Lipinski definition) is 1. The van der Waals surface area contributed by atoms with Gasteiger partial charge in [0.05, 0.1) is 14.2 Å². The number of thioether (sulfide) groups is 1. The lowest BCUT2D eigenvalue weighted by atomic mass is 10.1. The van der Waals surface area contributed by atoms with Gasteiger partial charge in [0.1, 0.15) is 0 Å². The molecule has 1 aromatic rings. The van der Waals surface area contributed by atoms with Crippen molar-refractivity contribution >= 4 is 17.8 Å². The van der Waals surface area contributed by atoms with Crippen LogP contribution in [0.25, 0.3) is 0 Å². The number of rotatable bonds is 5. The monoisotopic (exact) mass is 338 g/mol. The van der Waals surface area contributed by atoms with Gasteiger partial charge in [-0.25, -0.2) is 4.79 Å². The van der Waals surface area contributed by atoms with Crippen LogP contribution < -0.4 is 14.8 Å². The first kappa shape index (κ1) is 17.8. The van der Waals surface area contributed by atoms with Crippen LogP contribution in [0.2, 0.25) is 0 Å². The van der Waals surface area contributed by atoms with Gasteiger partial charge < -0.3 is 19.7 Å². The van der Waals surface area contributed by atoms with Crippen molar-refractivity contribution in [1.29, 1.82) is 0 Å². The van der Waals surface area contributed by atoms with E-state index in [1.165, 1.54) is 0 Å². The van der Waals surface area contributed by atoms with Gasteiger partial charge in [0.15, 0.2) is 11.5 Å². The van der Waals surface area contributed by atoms with E-state index in [1.54, 1.807) is 14.2 Å². The molecule has 1 fully saturated rings. The summed E-state index contributed by atoms with van der Waals surface area (Å²) in [6.07, 6.45) is 1.83. The maximum absolute atomic E-state index is 12.3. The zero-order chi connectivity index (χ0) is 16.7. The second-order valence-corrected chi connectivity index (χ2v) is 6.84. The molecule has 0 bridgehead atoms. The maximum Gasteiger partial charge on any atom is 0.317 e. The molecule has 1 N–H and O–H groups in total. The molecule has 1 heterocycles. The smallest absolute Gasteiger partial charge is 0.317 e. The lowest BCUT2D eigenvalue weighted by Crippen LogP contribution is -2.46. The van der Waals surface area contributed by atoms with Gasteiger partial charge in [0.25, 0.3) is 0 Å². The van der Waals surface area contributed by atoms with Crippen LogP contribution in [0.15, 0.2) is 18.2 Å². The molecule has 1 aliphatic rings. The average Bonchev–Trinajstić information content (AvgIpc) is 2.79. The molecule has 1 saturated heterocycles. The summed E-state index contributed by atoms with van der Waals surface area (Å²) in [7, 11) is 3.25. The largest absolute Gasteiger partial charge is 0.493 e. The Bertz CT molecular complexity index is 525. The van der Waals surface area contributed by atoms with Gasteiger partial charge in [-0.3, -0.25) is 0 Å². The molecule has 1 aliphatic heterocycles. The molecule has 0 saturated carbocycles. The van der Waals surface area contributed by atoms with Gasteiger partial charge in [0.2, 0.25) is 0 Å². The lowest BCUT2D eigenvalue weighted by Gasteiger charge is -2.27. The van der Waals surface area contributed by atoms with Crippen molar-refractivity contribution in [2.75, 3.05) is 38.8 Å². The van der Waals surface area contributed by atoms with Crippen molar-refractivity contribution in [3.63, 3.8) is 0 Å². The number of nitrogens with one attached hydrogen (secondary N) is 1. The molecule has 0 radical (unpaired) electrons. The van der Waals surface area contributed by atoms with Gasteiger partial charge in [-0.15, -0.1) is 0 Å². The van der Waals surface area contributed by atoms with Crippen molar-refractivity contribution < 1.29 is 14.3 Å². The average molecular weight is 338 g/mol. The van der Waals surface area contributed by atoms with E-state index in [9.17, 15) is 4.79 Å². The van der Waals surface area contributed by atoms with Crippen molar-refractivity contribution in [2.45, 2.75) is 25.8 Å². The van der Waals surface area contributed by atoms with Crippen LogP contribution in [-0.4, -0.2) is 55.8 Å². The molecule has 6 heteroatoms. The highest BCUT2D eigenvalue weighted by Gasteiger charge is 2.21. The molecule has 0 unspecified atom stereocenters. The Balaban J connectivity index is 1.85. The number of nitrogens with zero attached hydrogens (tertiary/aromatic N) is 1. The Morgan fingerprint density at radius 2 is 2.09 bits per heavy atom. The quantitative estimate of drug-likeness (QED) is 0.897. The predicted molar refractivity (Wildman–Crippen MR) is 94.8 cm³/mol. The first-order chi connectivity index (χ1) is 11.2. The number of ether oxygens (including phenoxy) is 2. The van der Waals surface area contributed by atoms with E-state index in [4.69, 9.17) is 9.47 Å². The third kappa shape index (κ3) is 4.96. The molecule has 0 aliphatic carbocycles. The Labute approximate surface area is 142 Å². The first-order valence-electron chi connectivity index (χ1n) is 7.98. The van der Waals surface area contributed by atoms with Crippen molar-refractivity contribution in [2.24, 2.45) is 0 Å². The fourth-order valence-electron chi connectivity index (χ4n) is 2.65. The summed E-state index contributed by atoms with van der Waals surface area (Å²) >= 11 is 1.92. The SMILES string of the molecule is COc1ccc(CCNC(=O)N2CCSCC[C@@H]2C)cc1OC. The molecular weight excluding hydrogens is 312 g/mol. The van der Waals surface area contributed by atoms with Gasteiger partial charge in [-0.05, 0) is 43.2 Å².